The highest BCUT2D eigenvalue weighted by Crippen LogP contribution is 2.54. The topological polar surface area (TPSA) is 87.7 Å². The molecule has 4 bridgehead atoms. The Labute approximate surface area is 228 Å². The molecule has 0 aromatic rings. The van der Waals surface area contributed by atoms with Gasteiger partial charge in [-0.15, -0.1) is 18.8 Å². The molecule has 2 aliphatic heterocycles. The van der Waals surface area contributed by atoms with Crippen LogP contribution in [0, 0.1) is 53.8 Å². The van der Waals surface area contributed by atoms with E-state index in [0.29, 0.717) is 30.7 Å². The predicted molar refractivity (Wildman–Crippen MR) is 144 cm³/mol. The molecule has 0 aromatic carbocycles. The van der Waals surface area contributed by atoms with Gasteiger partial charge in [-0.05, 0) is 107 Å². The first-order valence-corrected chi connectivity index (χ1v) is 14.4. The Kier molecular flexibility index (Phi) is 9.80. The molecule has 2 amide bonds. The van der Waals surface area contributed by atoms with Crippen molar-refractivity contribution >= 4 is 30.2 Å². The average molecular weight is 534 g/mol. The van der Waals surface area contributed by atoms with E-state index in [4.69, 9.17) is 11.2 Å². The molecule has 6 aliphatic rings. The summed E-state index contributed by atoms with van der Waals surface area (Å²) in [5.41, 5.74) is 0. The monoisotopic (exact) mass is 533 g/mol. The zero-order valence-corrected chi connectivity index (χ0v) is 22.8. The molecule has 2 heterocycles. The molecule has 0 aromatic heterocycles. The highest BCUT2D eigenvalue weighted by Gasteiger charge is 2.50. The van der Waals surface area contributed by atoms with Gasteiger partial charge in [0.15, 0.2) is 0 Å². The molecule has 0 spiro atoms. The number of nitrogens with zero attached hydrogens (tertiary/aromatic N) is 1. The SMILES string of the molecule is C#C[C@@H](CNC(=O)[C@@H]1CCCN(C(=O)CCC2CCNCC2)C1)C(=O)OC1C2CC3CC(C2)CC1C3.Cl. The summed E-state index contributed by atoms with van der Waals surface area (Å²) in [6, 6.07) is 0. The Bertz CT molecular complexity index is 840. The fourth-order valence-corrected chi connectivity index (χ4v) is 7.91. The van der Waals surface area contributed by atoms with E-state index in [1.807, 2.05) is 4.90 Å². The zero-order chi connectivity index (χ0) is 25.1. The summed E-state index contributed by atoms with van der Waals surface area (Å²) in [7, 11) is 0. The van der Waals surface area contributed by atoms with Gasteiger partial charge in [-0.1, -0.05) is 5.92 Å². The smallest absolute Gasteiger partial charge is 0.323 e. The standard InChI is InChI=1S/C29H43N3O4.ClH/c1-2-22(29(35)36-27-24-13-20-12-21(15-24)16-25(27)14-20)17-31-28(34)23-4-3-11-32(18-23)26(33)6-5-19-7-9-30-10-8-19;/h1,19-25,27,30H,3-18H2,(H,31,34);1H/t20?,21?,22-,23+,24?,25?,27?;/m0./s1. The predicted octanol–water partition coefficient (Wildman–Crippen LogP) is 3.16. The summed E-state index contributed by atoms with van der Waals surface area (Å²) in [6.07, 6.45) is 17.1. The first-order valence-electron chi connectivity index (χ1n) is 14.4. The summed E-state index contributed by atoms with van der Waals surface area (Å²) < 4.78 is 5.99. The van der Waals surface area contributed by atoms with E-state index >= 15 is 0 Å². The first kappa shape index (κ1) is 28.2. The van der Waals surface area contributed by atoms with Gasteiger partial charge in [0.05, 0.1) is 5.92 Å². The highest BCUT2D eigenvalue weighted by atomic mass is 35.5. The maximum atomic E-state index is 12.9. The number of carbonyl (C=O) groups excluding carboxylic acids is 3. The third-order valence-electron chi connectivity index (χ3n) is 9.73. The summed E-state index contributed by atoms with van der Waals surface area (Å²) in [5, 5.41) is 6.27. The number of rotatable bonds is 8. The van der Waals surface area contributed by atoms with Gasteiger partial charge in [0.1, 0.15) is 12.0 Å². The Morgan fingerprint density at radius 2 is 1.70 bits per heavy atom. The van der Waals surface area contributed by atoms with Crippen LogP contribution in [0.25, 0.3) is 0 Å². The number of esters is 1. The average Bonchev–Trinajstić information content (AvgIpc) is 2.90. The fraction of sp³-hybridized carbons (Fsp3) is 0.828. The molecule has 2 saturated heterocycles. The Balaban J connectivity index is 0.00000320. The summed E-state index contributed by atoms with van der Waals surface area (Å²) in [4.78, 5) is 40.5. The number of halogens is 1. The molecule has 0 unspecified atom stereocenters. The normalized spacial score (nSPS) is 33.6. The third-order valence-corrected chi connectivity index (χ3v) is 9.73. The molecule has 2 N–H and O–H groups in total. The lowest BCUT2D eigenvalue weighted by molar-refractivity contribution is -0.173. The second-order valence-electron chi connectivity index (χ2n) is 12.2. The minimum atomic E-state index is -0.766. The van der Waals surface area contributed by atoms with Crippen LogP contribution in [0.4, 0.5) is 0 Å². The van der Waals surface area contributed by atoms with Crippen molar-refractivity contribution in [2.75, 3.05) is 32.7 Å². The van der Waals surface area contributed by atoms with E-state index in [-0.39, 0.29) is 48.8 Å². The molecule has 2 atom stereocenters. The fourth-order valence-electron chi connectivity index (χ4n) is 7.91. The van der Waals surface area contributed by atoms with Crippen molar-refractivity contribution in [2.45, 2.75) is 76.7 Å². The largest absolute Gasteiger partial charge is 0.461 e. The molecule has 8 heteroatoms. The maximum Gasteiger partial charge on any atom is 0.323 e. The van der Waals surface area contributed by atoms with Gasteiger partial charge in [-0.2, -0.15) is 0 Å². The van der Waals surface area contributed by atoms with Crippen molar-refractivity contribution in [3.8, 4) is 12.3 Å². The second kappa shape index (κ2) is 12.8. The van der Waals surface area contributed by atoms with E-state index < -0.39 is 5.92 Å². The number of terminal acetylenes is 1. The maximum absolute atomic E-state index is 12.9. The summed E-state index contributed by atoms with van der Waals surface area (Å²) in [6.45, 7) is 3.36. The van der Waals surface area contributed by atoms with Crippen LogP contribution in [0.15, 0.2) is 0 Å². The van der Waals surface area contributed by atoms with Gasteiger partial charge in [0.2, 0.25) is 11.8 Å². The minimum absolute atomic E-state index is 0. The van der Waals surface area contributed by atoms with Gasteiger partial charge in [0, 0.05) is 26.1 Å². The van der Waals surface area contributed by atoms with Crippen molar-refractivity contribution in [3.05, 3.63) is 0 Å². The zero-order valence-electron chi connectivity index (χ0n) is 22.0. The van der Waals surface area contributed by atoms with E-state index in [2.05, 4.69) is 16.6 Å². The van der Waals surface area contributed by atoms with Gasteiger partial charge < -0.3 is 20.3 Å². The van der Waals surface area contributed by atoms with Gasteiger partial charge >= 0.3 is 5.97 Å². The number of carbonyl (C=O) groups is 3. The Morgan fingerprint density at radius 3 is 2.35 bits per heavy atom. The molecule has 4 saturated carbocycles. The van der Waals surface area contributed by atoms with Crippen LogP contribution >= 0.6 is 12.4 Å². The second-order valence-corrected chi connectivity index (χ2v) is 12.2. The summed E-state index contributed by atoms with van der Waals surface area (Å²) in [5.74, 6) is 4.43. The van der Waals surface area contributed by atoms with E-state index in [0.717, 1.165) is 63.6 Å². The molecule has 4 aliphatic carbocycles. The molecular formula is C29H44ClN3O4. The number of hydrogen-bond acceptors (Lipinski definition) is 5. The van der Waals surface area contributed by atoms with Crippen molar-refractivity contribution in [3.63, 3.8) is 0 Å². The molecule has 0 radical (unpaired) electrons. The Morgan fingerprint density at radius 1 is 1.03 bits per heavy atom. The van der Waals surface area contributed by atoms with Crippen LogP contribution < -0.4 is 10.6 Å². The Hall–Kier alpha value is -1.78. The lowest BCUT2D eigenvalue weighted by Crippen LogP contribution is -2.51. The summed E-state index contributed by atoms with van der Waals surface area (Å²) >= 11 is 0. The lowest BCUT2D eigenvalue weighted by Gasteiger charge is -2.53. The van der Waals surface area contributed by atoms with Crippen LogP contribution in [-0.4, -0.2) is 61.5 Å². The number of piperidine rings is 2. The van der Waals surface area contributed by atoms with Gasteiger partial charge in [-0.25, -0.2) is 0 Å². The van der Waals surface area contributed by atoms with Crippen molar-refractivity contribution < 1.29 is 19.1 Å². The van der Waals surface area contributed by atoms with Crippen molar-refractivity contribution in [1.82, 2.24) is 15.5 Å². The number of amides is 2. The van der Waals surface area contributed by atoms with Crippen LogP contribution in [0.1, 0.15) is 70.6 Å². The molecule has 6 fully saturated rings. The molecule has 206 valence electrons. The number of hydrogen-bond donors (Lipinski definition) is 2. The minimum Gasteiger partial charge on any atom is -0.461 e. The molecule has 6 rings (SSSR count). The van der Waals surface area contributed by atoms with Crippen LogP contribution in [-0.2, 0) is 19.1 Å². The number of ether oxygens (including phenoxy) is 1. The van der Waals surface area contributed by atoms with Crippen molar-refractivity contribution in [1.29, 1.82) is 0 Å². The van der Waals surface area contributed by atoms with Gasteiger partial charge in [0.25, 0.3) is 0 Å². The highest BCUT2D eigenvalue weighted by molar-refractivity contribution is 5.85. The van der Waals surface area contributed by atoms with E-state index in [1.165, 1.54) is 32.1 Å². The van der Waals surface area contributed by atoms with E-state index in [9.17, 15) is 14.4 Å². The van der Waals surface area contributed by atoms with Crippen LogP contribution in [0.2, 0.25) is 0 Å². The van der Waals surface area contributed by atoms with Crippen LogP contribution in [0.5, 0.6) is 0 Å². The van der Waals surface area contributed by atoms with Gasteiger partial charge in [-0.3, -0.25) is 14.4 Å². The quantitative estimate of drug-likeness (QED) is 0.369. The lowest BCUT2D eigenvalue weighted by atomic mass is 9.55. The molecule has 37 heavy (non-hydrogen) atoms. The van der Waals surface area contributed by atoms with Crippen molar-refractivity contribution in [2.24, 2.45) is 41.4 Å². The van der Waals surface area contributed by atoms with Crippen LogP contribution in [0.3, 0.4) is 0 Å². The molecule has 7 nitrogen and oxygen atoms in total. The van der Waals surface area contributed by atoms with E-state index in [1.54, 1.807) is 0 Å². The number of nitrogens with one attached hydrogen (secondary N) is 2. The number of likely N-dealkylation sites (tertiary alicyclic amines) is 1. The molecular weight excluding hydrogens is 490 g/mol. The first-order chi connectivity index (χ1) is 17.5. The third kappa shape index (κ3) is 6.81.